The smallest absolute Gasteiger partial charge is 0.383 e. The van der Waals surface area contributed by atoms with E-state index in [2.05, 4.69) is 20.1 Å². The van der Waals surface area contributed by atoms with Crippen LogP contribution in [-0.4, -0.2) is 99.0 Å². The molecule has 3 amide bonds. The van der Waals surface area contributed by atoms with Crippen molar-refractivity contribution < 1.29 is 50.6 Å². The highest BCUT2D eigenvalue weighted by atomic mass is 32.2. The number of carbonyl (C=O) groups is 4. The number of ether oxygens (including phenoxy) is 1. The van der Waals surface area contributed by atoms with Crippen LogP contribution in [0.1, 0.15) is 38.5 Å². The van der Waals surface area contributed by atoms with E-state index in [-0.39, 0.29) is 43.7 Å². The maximum absolute atomic E-state index is 13.3. The molecule has 0 aromatic heterocycles. The second-order valence-electron chi connectivity index (χ2n) is 10.3. The van der Waals surface area contributed by atoms with Crippen LogP contribution >= 0.6 is 0 Å². The standard InChI is InChI=1S/C23H33F3N4O8S/c1-39(36,37)28-8-3-2-4-17(31)21(35)30-13-22(6-7-22)11-16(30)20(34)29-15(10-14-5-9-27-19(14)33)18(32)12-38-23(24,25)26/h2-3,14-17,28,31H,4-13H2,1H3,(H,27,33)(H,29,34)/b3-2+/t14-,15-,16-,17+/m0/s1. The highest BCUT2D eigenvalue weighted by Crippen LogP contribution is 2.55. The van der Waals surface area contributed by atoms with Crippen molar-refractivity contribution in [3.8, 4) is 0 Å². The summed E-state index contributed by atoms with van der Waals surface area (Å²) in [4.78, 5) is 52.1. The molecule has 4 N–H and O–H groups in total. The summed E-state index contributed by atoms with van der Waals surface area (Å²) < 4.78 is 65.6. The van der Waals surface area contributed by atoms with Gasteiger partial charge < -0.3 is 20.6 Å². The lowest BCUT2D eigenvalue weighted by Gasteiger charge is -2.28. The van der Waals surface area contributed by atoms with Gasteiger partial charge in [0, 0.05) is 32.0 Å². The molecule has 0 aromatic carbocycles. The van der Waals surface area contributed by atoms with E-state index in [9.17, 15) is 45.9 Å². The molecule has 1 aliphatic carbocycles. The third-order valence-electron chi connectivity index (χ3n) is 7.09. The van der Waals surface area contributed by atoms with E-state index in [0.717, 1.165) is 19.1 Å². The van der Waals surface area contributed by atoms with Gasteiger partial charge in [0.2, 0.25) is 21.8 Å². The number of ketones is 1. The number of carbonyl (C=O) groups excluding carboxylic acids is 4. The monoisotopic (exact) mass is 582 g/mol. The Bertz CT molecular complexity index is 1090. The molecule has 1 saturated carbocycles. The van der Waals surface area contributed by atoms with Gasteiger partial charge in [0.25, 0.3) is 5.91 Å². The van der Waals surface area contributed by atoms with Crippen LogP contribution in [0.25, 0.3) is 0 Å². The first-order chi connectivity index (χ1) is 18.1. The molecule has 0 aromatic rings. The van der Waals surface area contributed by atoms with Gasteiger partial charge in [-0.05, 0) is 37.5 Å². The van der Waals surface area contributed by atoms with Gasteiger partial charge in [-0.1, -0.05) is 12.2 Å². The Kier molecular flexibility index (Phi) is 9.78. The summed E-state index contributed by atoms with van der Waals surface area (Å²) in [6, 6.07) is -2.52. The fourth-order valence-electron chi connectivity index (χ4n) is 4.81. The van der Waals surface area contributed by atoms with Crippen LogP contribution in [0.5, 0.6) is 0 Å². The average Bonchev–Trinajstić information content (AvgIpc) is 3.29. The van der Waals surface area contributed by atoms with Crippen LogP contribution in [0.3, 0.4) is 0 Å². The molecule has 0 bridgehead atoms. The van der Waals surface area contributed by atoms with Gasteiger partial charge in [-0.3, -0.25) is 23.9 Å². The highest BCUT2D eigenvalue weighted by Gasteiger charge is 2.56. The lowest BCUT2D eigenvalue weighted by Crippen LogP contribution is -2.53. The number of halogens is 3. The number of rotatable bonds is 13. The first-order valence-electron chi connectivity index (χ1n) is 12.5. The molecule has 0 radical (unpaired) electrons. The van der Waals surface area contributed by atoms with Gasteiger partial charge in [-0.2, -0.15) is 0 Å². The minimum absolute atomic E-state index is 0.0376. The van der Waals surface area contributed by atoms with Gasteiger partial charge in [0.1, 0.15) is 18.8 Å². The maximum Gasteiger partial charge on any atom is 0.522 e. The number of hydrogen-bond donors (Lipinski definition) is 4. The van der Waals surface area contributed by atoms with Crippen molar-refractivity contribution in [2.45, 2.75) is 63.1 Å². The minimum atomic E-state index is -5.06. The largest absolute Gasteiger partial charge is 0.522 e. The van der Waals surface area contributed by atoms with Crippen LogP contribution in [0.2, 0.25) is 0 Å². The summed E-state index contributed by atoms with van der Waals surface area (Å²) in [6.07, 6.45) is -1.04. The molecule has 4 atom stereocenters. The molecule has 12 nitrogen and oxygen atoms in total. The molecule has 3 fully saturated rings. The molecule has 220 valence electrons. The number of amides is 3. The third kappa shape index (κ3) is 9.25. The first-order valence-corrected chi connectivity index (χ1v) is 14.4. The van der Waals surface area contributed by atoms with Crippen molar-refractivity contribution in [2.75, 3.05) is 32.5 Å². The Morgan fingerprint density at radius 2 is 1.97 bits per heavy atom. The van der Waals surface area contributed by atoms with E-state index in [1.807, 2.05) is 0 Å². The number of sulfonamides is 1. The minimum Gasteiger partial charge on any atom is -0.383 e. The second kappa shape index (κ2) is 12.3. The summed E-state index contributed by atoms with van der Waals surface area (Å²) in [5, 5.41) is 15.4. The Hall–Kier alpha value is -2.56. The van der Waals surface area contributed by atoms with Crippen molar-refractivity contribution in [3.63, 3.8) is 0 Å². The van der Waals surface area contributed by atoms with Crippen LogP contribution in [-0.2, 0) is 33.9 Å². The number of nitrogens with zero attached hydrogens (tertiary/aromatic N) is 1. The fourth-order valence-corrected chi connectivity index (χ4v) is 5.21. The van der Waals surface area contributed by atoms with Crippen molar-refractivity contribution in [2.24, 2.45) is 11.3 Å². The van der Waals surface area contributed by atoms with Crippen molar-refractivity contribution >= 4 is 33.5 Å². The topological polar surface area (TPSA) is 171 Å². The van der Waals surface area contributed by atoms with Gasteiger partial charge in [-0.25, -0.2) is 13.1 Å². The Balaban J connectivity index is 1.67. The molecule has 1 spiro atoms. The van der Waals surface area contributed by atoms with Crippen molar-refractivity contribution in [1.29, 1.82) is 0 Å². The zero-order valence-electron chi connectivity index (χ0n) is 21.3. The van der Waals surface area contributed by atoms with Crippen LogP contribution in [0.4, 0.5) is 13.2 Å². The van der Waals surface area contributed by atoms with E-state index in [1.165, 1.54) is 17.1 Å². The highest BCUT2D eigenvalue weighted by molar-refractivity contribution is 7.88. The lowest BCUT2D eigenvalue weighted by molar-refractivity contribution is -0.321. The fraction of sp³-hybridized carbons (Fsp3) is 0.739. The first kappa shape index (κ1) is 31.0. The van der Waals surface area contributed by atoms with Crippen LogP contribution in [0.15, 0.2) is 12.2 Å². The number of alkyl halides is 3. The van der Waals surface area contributed by atoms with E-state index in [0.29, 0.717) is 13.0 Å². The van der Waals surface area contributed by atoms with E-state index in [4.69, 9.17) is 0 Å². The van der Waals surface area contributed by atoms with Gasteiger partial charge in [-0.15, -0.1) is 13.2 Å². The SMILES string of the molecule is CS(=O)(=O)NC/C=C/C[C@@H](O)C(=O)N1CC2(CC2)C[C@H]1C(=O)N[C@@H](C[C@@H]1CCNC1=O)C(=O)COC(F)(F)F. The molecule has 39 heavy (non-hydrogen) atoms. The number of hydrogen-bond acceptors (Lipinski definition) is 8. The van der Waals surface area contributed by atoms with Crippen LogP contribution in [0, 0.1) is 11.3 Å². The molecule has 0 unspecified atom stereocenters. The summed E-state index contributed by atoms with van der Waals surface area (Å²) in [7, 11) is -3.41. The normalized spacial score (nSPS) is 24.1. The Morgan fingerprint density at radius 1 is 1.28 bits per heavy atom. The molecule has 3 aliphatic rings. The number of aliphatic hydroxyl groups is 1. The zero-order chi connectivity index (χ0) is 29.0. The quantitative estimate of drug-likeness (QED) is 0.207. The summed E-state index contributed by atoms with van der Waals surface area (Å²) in [5.41, 5.74) is -0.309. The summed E-state index contributed by atoms with van der Waals surface area (Å²) in [5.74, 6) is -3.64. The van der Waals surface area contributed by atoms with E-state index in [1.54, 1.807) is 0 Å². The number of likely N-dealkylation sites (tertiary alicyclic amines) is 1. The van der Waals surface area contributed by atoms with Crippen LogP contribution < -0.4 is 15.4 Å². The molecule has 3 rings (SSSR count). The average molecular weight is 583 g/mol. The zero-order valence-corrected chi connectivity index (χ0v) is 22.1. The number of aliphatic hydroxyl groups excluding tert-OH is 1. The maximum atomic E-state index is 13.3. The van der Waals surface area contributed by atoms with Gasteiger partial charge >= 0.3 is 6.36 Å². The molecule has 2 aliphatic heterocycles. The Morgan fingerprint density at radius 3 is 2.54 bits per heavy atom. The number of Topliss-reactive ketones (excluding diaryl/α,β-unsaturated/α-hetero) is 1. The second-order valence-corrected chi connectivity index (χ2v) is 12.1. The molecule has 2 saturated heterocycles. The predicted molar refractivity (Wildman–Crippen MR) is 129 cm³/mol. The predicted octanol–water partition coefficient (Wildman–Crippen LogP) is -0.660. The van der Waals surface area contributed by atoms with E-state index < -0.39 is 64.7 Å². The van der Waals surface area contributed by atoms with Crippen molar-refractivity contribution in [3.05, 3.63) is 12.2 Å². The van der Waals surface area contributed by atoms with Gasteiger partial charge in [0.05, 0.1) is 12.3 Å². The lowest BCUT2D eigenvalue weighted by atomic mass is 9.95. The number of nitrogens with one attached hydrogen (secondary N) is 3. The summed E-state index contributed by atoms with van der Waals surface area (Å²) >= 11 is 0. The molecular formula is C23H33F3N4O8S. The Labute approximate surface area is 223 Å². The van der Waals surface area contributed by atoms with Gasteiger partial charge in [0.15, 0.2) is 5.78 Å². The summed E-state index contributed by atoms with van der Waals surface area (Å²) in [6.45, 7) is -0.855. The molecular weight excluding hydrogens is 549 g/mol. The third-order valence-corrected chi connectivity index (χ3v) is 7.78. The molecule has 2 heterocycles. The van der Waals surface area contributed by atoms with E-state index >= 15 is 0 Å². The molecule has 16 heteroatoms. The van der Waals surface area contributed by atoms with Crippen molar-refractivity contribution in [1.82, 2.24) is 20.3 Å².